The minimum Gasteiger partial charge on any atom is -0.311 e. The van der Waals surface area contributed by atoms with Gasteiger partial charge in [-0.2, -0.15) is 0 Å². The summed E-state index contributed by atoms with van der Waals surface area (Å²) in [5.41, 5.74) is 0.233. The zero-order valence-corrected chi connectivity index (χ0v) is 7.19. The van der Waals surface area contributed by atoms with Crippen LogP contribution in [0, 0.1) is 10.1 Å². The van der Waals surface area contributed by atoms with E-state index in [-0.39, 0.29) is 10.6 Å². The second-order valence-corrected chi connectivity index (χ2v) is 3.05. The van der Waals surface area contributed by atoms with Crippen molar-refractivity contribution in [3.8, 4) is 0 Å². The molecular formula is C5H5IN2O2. The van der Waals surface area contributed by atoms with Crippen molar-refractivity contribution < 1.29 is 4.92 Å². The summed E-state index contributed by atoms with van der Waals surface area (Å²) in [5, 5.41) is 10.2. The van der Waals surface area contributed by atoms with Gasteiger partial charge in [-0.15, -0.1) is 0 Å². The summed E-state index contributed by atoms with van der Waals surface area (Å²) in [4.78, 5) is 9.81. The maximum Gasteiger partial charge on any atom is 0.266 e. The van der Waals surface area contributed by atoms with Crippen molar-refractivity contribution in [2.75, 3.05) is 6.54 Å². The van der Waals surface area contributed by atoms with Crippen LogP contribution in [0.25, 0.3) is 0 Å². The van der Waals surface area contributed by atoms with E-state index in [0.717, 1.165) is 0 Å². The molecule has 0 radical (unpaired) electrons. The first kappa shape index (κ1) is 7.52. The lowest BCUT2D eigenvalue weighted by molar-refractivity contribution is -0.427. The van der Waals surface area contributed by atoms with Gasteiger partial charge < -0.3 is 3.11 Å². The van der Waals surface area contributed by atoms with Gasteiger partial charge in [0.2, 0.25) is 0 Å². The summed E-state index contributed by atoms with van der Waals surface area (Å²) in [6.45, 7) is 0.379. The van der Waals surface area contributed by atoms with E-state index < -0.39 is 0 Å². The Kier molecular flexibility index (Phi) is 2.25. The lowest BCUT2D eigenvalue weighted by Gasteiger charge is -2.10. The third-order valence-electron chi connectivity index (χ3n) is 1.08. The molecule has 1 aliphatic heterocycles. The molecule has 1 heterocycles. The van der Waals surface area contributed by atoms with E-state index in [2.05, 4.69) is 0 Å². The molecule has 0 aromatic carbocycles. The van der Waals surface area contributed by atoms with Crippen molar-refractivity contribution in [1.82, 2.24) is 3.11 Å². The normalized spacial score (nSPS) is 16.9. The van der Waals surface area contributed by atoms with Crippen LogP contribution >= 0.6 is 22.9 Å². The fraction of sp³-hybridized carbons (Fsp3) is 0.200. The van der Waals surface area contributed by atoms with E-state index in [0.29, 0.717) is 6.54 Å². The minimum absolute atomic E-state index is 0.233. The predicted molar refractivity (Wildman–Crippen MR) is 44.9 cm³/mol. The number of allylic oxidation sites excluding steroid dienone is 2. The van der Waals surface area contributed by atoms with Gasteiger partial charge in [-0.3, -0.25) is 10.1 Å². The monoisotopic (exact) mass is 252 g/mol. The van der Waals surface area contributed by atoms with Gasteiger partial charge in [-0.25, -0.2) is 0 Å². The van der Waals surface area contributed by atoms with E-state index in [9.17, 15) is 10.1 Å². The van der Waals surface area contributed by atoms with Gasteiger partial charge in [0.05, 0.1) is 27.8 Å². The molecule has 0 bridgehead atoms. The Hall–Kier alpha value is -0.590. The third-order valence-corrected chi connectivity index (χ3v) is 1.75. The smallest absolute Gasteiger partial charge is 0.266 e. The van der Waals surface area contributed by atoms with Gasteiger partial charge >= 0.3 is 0 Å². The molecule has 1 aliphatic rings. The SMILES string of the molecule is O=[N+]([O-])C1=CC=CN(I)C1. The van der Waals surface area contributed by atoms with Crippen LogP contribution in [0.4, 0.5) is 0 Å². The van der Waals surface area contributed by atoms with Crippen molar-refractivity contribution in [3.63, 3.8) is 0 Å². The van der Waals surface area contributed by atoms with Crippen LogP contribution in [0.15, 0.2) is 24.0 Å². The minimum atomic E-state index is -0.366. The standard InChI is InChI=1S/C5H5IN2O2/c6-7-3-1-2-5(4-7)8(9)10/h1-3H,4H2. The first-order chi connectivity index (χ1) is 4.70. The Labute approximate surface area is 71.8 Å². The van der Waals surface area contributed by atoms with Crippen LogP contribution in [0.1, 0.15) is 0 Å². The summed E-state index contributed by atoms with van der Waals surface area (Å²) in [7, 11) is 0. The molecule has 1 rings (SSSR count). The Morgan fingerprint density at radius 2 is 2.50 bits per heavy atom. The Bertz CT molecular complexity index is 212. The molecule has 0 fully saturated rings. The average Bonchev–Trinajstić information content (AvgIpc) is 1.88. The topological polar surface area (TPSA) is 46.4 Å². The van der Waals surface area contributed by atoms with Crippen molar-refractivity contribution in [3.05, 3.63) is 34.2 Å². The maximum atomic E-state index is 10.2. The first-order valence-electron chi connectivity index (χ1n) is 2.64. The molecule has 0 amide bonds. The van der Waals surface area contributed by atoms with E-state index >= 15 is 0 Å². The predicted octanol–water partition coefficient (Wildman–Crippen LogP) is 1.33. The number of rotatable bonds is 1. The highest BCUT2D eigenvalue weighted by Gasteiger charge is 2.13. The largest absolute Gasteiger partial charge is 0.311 e. The van der Waals surface area contributed by atoms with Crippen LogP contribution in [0.2, 0.25) is 0 Å². The molecule has 0 N–H and O–H groups in total. The second kappa shape index (κ2) is 3.00. The zero-order chi connectivity index (χ0) is 7.56. The van der Waals surface area contributed by atoms with Crippen molar-refractivity contribution in [1.29, 1.82) is 0 Å². The Morgan fingerprint density at radius 1 is 1.80 bits per heavy atom. The maximum absolute atomic E-state index is 10.2. The molecule has 0 atom stereocenters. The molecule has 0 spiro atoms. The fourth-order valence-corrected chi connectivity index (χ4v) is 1.16. The zero-order valence-electron chi connectivity index (χ0n) is 5.03. The summed E-state index contributed by atoms with van der Waals surface area (Å²) in [6.07, 6.45) is 4.96. The van der Waals surface area contributed by atoms with Gasteiger partial charge in [0.1, 0.15) is 6.54 Å². The van der Waals surface area contributed by atoms with Crippen molar-refractivity contribution in [2.24, 2.45) is 0 Å². The van der Waals surface area contributed by atoms with Crippen molar-refractivity contribution >= 4 is 22.9 Å². The molecule has 4 nitrogen and oxygen atoms in total. The molecule has 0 aliphatic carbocycles. The van der Waals surface area contributed by atoms with Crippen LogP contribution in [0.5, 0.6) is 0 Å². The number of halogens is 1. The fourth-order valence-electron chi connectivity index (χ4n) is 0.626. The quantitative estimate of drug-likeness (QED) is 0.306. The van der Waals surface area contributed by atoms with Crippen LogP contribution < -0.4 is 0 Å². The van der Waals surface area contributed by atoms with E-state index in [1.165, 1.54) is 6.08 Å². The molecule has 0 aromatic rings. The van der Waals surface area contributed by atoms with E-state index in [1.807, 2.05) is 22.9 Å². The Balaban J connectivity index is 2.71. The summed E-state index contributed by atoms with van der Waals surface area (Å²) >= 11 is 2.01. The summed E-state index contributed by atoms with van der Waals surface area (Å²) < 4.78 is 1.73. The molecular weight excluding hydrogens is 247 g/mol. The third kappa shape index (κ3) is 1.69. The number of nitro groups is 1. The summed E-state index contributed by atoms with van der Waals surface area (Å²) in [6, 6.07) is 0. The molecule has 0 saturated carbocycles. The van der Waals surface area contributed by atoms with E-state index in [4.69, 9.17) is 0 Å². The number of hydrogen-bond acceptors (Lipinski definition) is 3. The highest BCUT2D eigenvalue weighted by molar-refractivity contribution is 14.1. The average molecular weight is 252 g/mol. The van der Waals surface area contributed by atoms with Gasteiger partial charge in [0.25, 0.3) is 5.70 Å². The molecule has 54 valence electrons. The van der Waals surface area contributed by atoms with Crippen LogP contribution in [-0.4, -0.2) is 14.6 Å². The van der Waals surface area contributed by atoms with Gasteiger partial charge in [-0.1, -0.05) is 0 Å². The first-order valence-corrected chi connectivity index (χ1v) is 3.61. The Morgan fingerprint density at radius 3 is 2.90 bits per heavy atom. The number of nitrogens with zero attached hydrogens (tertiary/aromatic N) is 2. The van der Waals surface area contributed by atoms with E-state index in [1.54, 1.807) is 15.4 Å². The molecule has 5 heteroatoms. The van der Waals surface area contributed by atoms with Gasteiger partial charge in [0, 0.05) is 12.3 Å². The van der Waals surface area contributed by atoms with Crippen LogP contribution in [-0.2, 0) is 0 Å². The lowest BCUT2D eigenvalue weighted by atomic mass is 10.3. The van der Waals surface area contributed by atoms with Gasteiger partial charge in [0.15, 0.2) is 0 Å². The molecule has 0 saturated heterocycles. The van der Waals surface area contributed by atoms with Crippen molar-refractivity contribution in [2.45, 2.75) is 0 Å². The molecule has 10 heavy (non-hydrogen) atoms. The van der Waals surface area contributed by atoms with Gasteiger partial charge in [-0.05, 0) is 6.08 Å². The highest BCUT2D eigenvalue weighted by Crippen LogP contribution is 2.11. The molecule has 0 unspecified atom stereocenters. The highest BCUT2D eigenvalue weighted by atomic mass is 127. The lowest BCUT2D eigenvalue weighted by Crippen LogP contribution is -2.15. The molecule has 0 aromatic heterocycles. The van der Waals surface area contributed by atoms with Crippen LogP contribution in [0.3, 0.4) is 0 Å². The number of hydrogen-bond donors (Lipinski definition) is 0. The summed E-state index contributed by atoms with van der Waals surface area (Å²) in [5.74, 6) is 0. The second-order valence-electron chi connectivity index (χ2n) is 1.81.